The van der Waals surface area contributed by atoms with Gasteiger partial charge in [0.05, 0.1) is 5.84 Å². The Bertz CT molecular complexity index is 166. The molecule has 0 aromatic carbocycles. The molecule has 2 atom stereocenters. The van der Waals surface area contributed by atoms with Crippen LogP contribution in [0.4, 0.5) is 0 Å². The van der Waals surface area contributed by atoms with E-state index < -0.39 is 0 Å². The second kappa shape index (κ2) is 6.63. The van der Waals surface area contributed by atoms with Gasteiger partial charge >= 0.3 is 0 Å². The number of hydrogen-bond donors (Lipinski definition) is 2. The zero-order chi connectivity index (χ0) is 10.3. The number of nitrogens with one attached hydrogen (secondary N) is 1. The van der Waals surface area contributed by atoms with Gasteiger partial charge in [-0.05, 0) is 26.5 Å². The molecule has 2 unspecified atom stereocenters. The van der Waals surface area contributed by atoms with Crippen LogP contribution in [0, 0.1) is 11.3 Å². The molecule has 0 radical (unpaired) electrons. The summed E-state index contributed by atoms with van der Waals surface area (Å²) in [6, 6.07) is 0.368. The second-order valence-electron chi connectivity index (χ2n) is 3.67. The van der Waals surface area contributed by atoms with E-state index in [-0.39, 0.29) is 5.92 Å². The Labute approximate surface area is 80.9 Å². The van der Waals surface area contributed by atoms with E-state index in [4.69, 9.17) is 11.1 Å². The van der Waals surface area contributed by atoms with Gasteiger partial charge in [-0.25, -0.2) is 0 Å². The number of nitrogens with two attached hydrogens (primary N) is 1. The first-order valence-electron chi connectivity index (χ1n) is 4.87. The van der Waals surface area contributed by atoms with Crippen molar-refractivity contribution in [1.82, 2.24) is 0 Å². The zero-order valence-electron chi connectivity index (χ0n) is 8.71. The molecule has 0 bridgehead atoms. The minimum atomic E-state index is 0.229. The van der Waals surface area contributed by atoms with Crippen LogP contribution in [0.3, 0.4) is 0 Å². The maximum absolute atomic E-state index is 7.21. The summed E-state index contributed by atoms with van der Waals surface area (Å²) in [4.78, 5) is 3.92. The molecule has 0 fully saturated rings. The Morgan fingerprint density at radius 3 is 2.38 bits per heavy atom. The number of rotatable bonds is 7. The van der Waals surface area contributed by atoms with Crippen LogP contribution in [-0.4, -0.2) is 18.6 Å². The summed E-state index contributed by atoms with van der Waals surface area (Å²) in [5.74, 6) is 0.530. The third-order valence-electron chi connectivity index (χ3n) is 2.35. The van der Waals surface area contributed by atoms with Gasteiger partial charge in [0.1, 0.15) is 0 Å². The van der Waals surface area contributed by atoms with Gasteiger partial charge in [-0.1, -0.05) is 19.8 Å². The average molecular weight is 183 g/mol. The first-order valence-corrected chi connectivity index (χ1v) is 4.87. The largest absolute Gasteiger partial charge is 0.387 e. The lowest BCUT2D eigenvalue weighted by atomic mass is 10.0. The van der Waals surface area contributed by atoms with Gasteiger partial charge in [0, 0.05) is 12.0 Å². The van der Waals surface area contributed by atoms with Gasteiger partial charge in [-0.2, -0.15) is 0 Å². The lowest BCUT2D eigenvalue weighted by Gasteiger charge is -2.09. The van der Waals surface area contributed by atoms with Crippen LogP contribution < -0.4 is 5.73 Å². The van der Waals surface area contributed by atoms with Gasteiger partial charge in [-0.3, -0.25) is 10.4 Å². The highest BCUT2D eigenvalue weighted by Crippen LogP contribution is 2.11. The number of amidine groups is 1. The highest BCUT2D eigenvalue weighted by molar-refractivity contribution is 5.79. The predicted octanol–water partition coefficient (Wildman–Crippen LogP) is 2.21. The lowest BCUT2D eigenvalue weighted by Crippen LogP contribution is -2.19. The Kier molecular flexibility index (Phi) is 6.20. The normalized spacial score (nSPS) is 14.9. The van der Waals surface area contributed by atoms with Crippen molar-refractivity contribution < 1.29 is 0 Å². The lowest BCUT2D eigenvalue weighted by molar-refractivity contribution is 0.547. The highest BCUT2D eigenvalue weighted by atomic mass is 14.7. The smallest absolute Gasteiger partial charge is 0.0934 e. The van der Waals surface area contributed by atoms with Crippen LogP contribution in [-0.2, 0) is 0 Å². The van der Waals surface area contributed by atoms with E-state index in [1.807, 2.05) is 6.92 Å². The van der Waals surface area contributed by atoms with Crippen molar-refractivity contribution in [2.45, 2.75) is 45.6 Å². The summed E-state index contributed by atoms with van der Waals surface area (Å²) in [6.07, 6.45) is 4.38. The van der Waals surface area contributed by atoms with Crippen molar-refractivity contribution in [2.24, 2.45) is 16.6 Å². The standard InChI is InChI=1S/C10H21N3/c1-8(10(11)12)6-4-5-7-9(2)13-3/h8-9H,3-7H2,1-2H3,(H3,11,12). The molecule has 0 aromatic rings. The van der Waals surface area contributed by atoms with E-state index >= 15 is 0 Å². The Morgan fingerprint density at radius 1 is 1.38 bits per heavy atom. The first kappa shape index (κ1) is 12.1. The van der Waals surface area contributed by atoms with Gasteiger partial charge in [0.25, 0.3) is 0 Å². The quantitative estimate of drug-likeness (QED) is 0.355. The fourth-order valence-electron chi connectivity index (χ4n) is 1.14. The summed E-state index contributed by atoms with van der Waals surface area (Å²) in [5.41, 5.74) is 5.36. The van der Waals surface area contributed by atoms with Crippen molar-refractivity contribution >= 4 is 12.6 Å². The number of aliphatic imine (C=N–C) groups is 1. The van der Waals surface area contributed by atoms with Gasteiger partial charge in [0.2, 0.25) is 0 Å². The first-order chi connectivity index (χ1) is 6.07. The summed E-state index contributed by atoms with van der Waals surface area (Å²) in [7, 11) is 0. The van der Waals surface area contributed by atoms with Crippen molar-refractivity contribution in [2.75, 3.05) is 0 Å². The van der Waals surface area contributed by atoms with Crippen molar-refractivity contribution in [1.29, 1.82) is 5.41 Å². The van der Waals surface area contributed by atoms with Gasteiger partial charge in [0.15, 0.2) is 0 Å². The van der Waals surface area contributed by atoms with Crippen LogP contribution in [0.2, 0.25) is 0 Å². The molecule has 76 valence electrons. The Morgan fingerprint density at radius 2 is 1.92 bits per heavy atom. The van der Waals surface area contributed by atoms with E-state index in [2.05, 4.69) is 18.6 Å². The average Bonchev–Trinajstić information content (AvgIpc) is 2.11. The maximum atomic E-state index is 7.21. The summed E-state index contributed by atoms with van der Waals surface area (Å²) < 4.78 is 0. The monoisotopic (exact) mass is 183 g/mol. The van der Waals surface area contributed by atoms with Crippen LogP contribution in [0.15, 0.2) is 4.99 Å². The highest BCUT2D eigenvalue weighted by Gasteiger charge is 2.04. The Balaban J connectivity index is 3.35. The topological polar surface area (TPSA) is 62.2 Å². The zero-order valence-corrected chi connectivity index (χ0v) is 8.71. The maximum Gasteiger partial charge on any atom is 0.0934 e. The molecule has 0 amide bonds. The third kappa shape index (κ3) is 6.31. The molecule has 0 aromatic heterocycles. The van der Waals surface area contributed by atoms with Crippen LogP contribution in [0.25, 0.3) is 0 Å². The van der Waals surface area contributed by atoms with Crippen LogP contribution >= 0.6 is 0 Å². The minimum Gasteiger partial charge on any atom is -0.387 e. The fraction of sp³-hybridized carbons (Fsp3) is 0.800. The predicted molar refractivity (Wildman–Crippen MR) is 58.6 cm³/mol. The number of hydrogen-bond acceptors (Lipinski definition) is 2. The molecule has 0 spiro atoms. The number of unbranched alkanes of at least 4 members (excludes halogenated alkanes) is 1. The molecule has 3 nitrogen and oxygen atoms in total. The van der Waals surface area contributed by atoms with E-state index in [9.17, 15) is 0 Å². The second-order valence-corrected chi connectivity index (χ2v) is 3.67. The van der Waals surface area contributed by atoms with Gasteiger partial charge < -0.3 is 5.73 Å². The van der Waals surface area contributed by atoms with Crippen molar-refractivity contribution in [3.63, 3.8) is 0 Å². The van der Waals surface area contributed by atoms with Crippen molar-refractivity contribution in [3.05, 3.63) is 0 Å². The molecule has 0 rings (SSSR count). The van der Waals surface area contributed by atoms with E-state index in [1.54, 1.807) is 0 Å². The SMILES string of the molecule is C=NC(C)CCCCC(C)C(=N)N. The van der Waals surface area contributed by atoms with E-state index in [1.165, 1.54) is 0 Å². The molecule has 3 N–H and O–H groups in total. The molecule has 0 aliphatic carbocycles. The molecule has 0 saturated heterocycles. The molecule has 3 heteroatoms. The molecule has 13 heavy (non-hydrogen) atoms. The van der Waals surface area contributed by atoms with Crippen molar-refractivity contribution in [3.8, 4) is 0 Å². The molecule has 0 heterocycles. The van der Waals surface area contributed by atoms with Crippen LogP contribution in [0.5, 0.6) is 0 Å². The van der Waals surface area contributed by atoms with Gasteiger partial charge in [-0.15, -0.1) is 0 Å². The third-order valence-corrected chi connectivity index (χ3v) is 2.35. The van der Waals surface area contributed by atoms with E-state index in [0.717, 1.165) is 25.7 Å². The molecule has 0 saturated carbocycles. The van der Waals surface area contributed by atoms with E-state index in [0.29, 0.717) is 11.9 Å². The minimum absolute atomic E-state index is 0.229. The summed E-state index contributed by atoms with van der Waals surface area (Å²) in [6.45, 7) is 7.57. The molecule has 0 aliphatic rings. The fourth-order valence-corrected chi connectivity index (χ4v) is 1.14. The summed E-state index contributed by atoms with van der Waals surface area (Å²) >= 11 is 0. The van der Waals surface area contributed by atoms with Crippen LogP contribution in [0.1, 0.15) is 39.5 Å². The summed E-state index contributed by atoms with van der Waals surface area (Å²) in [5, 5.41) is 7.21. The molecular formula is C10H21N3. The number of nitrogens with zero attached hydrogens (tertiary/aromatic N) is 1. The molecular weight excluding hydrogens is 162 g/mol. The molecule has 0 aliphatic heterocycles. The Hall–Kier alpha value is -0.860.